The summed E-state index contributed by atoms with van der Waals surface area (Å²) < 4.78 is 0. The van der Waals surface area contributed by atoms with Gasteiger partial charge in [0.15, 0.2) is 17.3 Å². The van der Waals surface area contributed by atoms with E-state index in [2.05, 4.69) is 19.9 Å². The lowest BCUT2D eigenvalue weighted by molar-refractivity contribution is 0.162. The number of anilines is 1. The molecule has 1 unspecified atom stereocenters. The van der Waals surface area contributed by atoms with Crippen LogP contribution in [0.4, 0.5) is 5.82 Å². The first-order valence-electron chi connectivity index (χ1n) is 4.32. The first-order chi connectivity index (χ1) is 7.58. The summed E-state index contributed by atoms with van der Waals surface area (Å²) in [4.78, 5) is 14.3. The van der Waals surface area contributed by atoms with Gasteiger partial charge in [-0.2, -0.15) is 0 Å². The summed E-state index contributed by atoms with van der Waals surface area (Å²) in [5.41, 5.74) is 6.36. The molecule has 0 bridgehead atoms. The van der Waals surface area contributed by atoms with Crippen LogP contribution in [0.1, 0.15) is 11.9 Å². The van der Waals surface area contributed by atoms with E-state index in [9.17, 15) is 5.11 Å². The molecule has 6 N–H and O–H groups in total. The quantitative estimate of drug-likeness (QED) is 0.448. The molecule has 0 fully saturated rings. The Kier molecular flexibility index (Phi) is 2.33. The molecule has 2 aromatic heterocycles. The molecule has 0 amide bonds. The molecular formula is C8H9N5O3. The van der Waals surface area contributed by atoms with E-state index in [1.54, 1.807) is 0 Å². The Labute approximate surface area is 89.1 Å². The van der Waals surface area contributed by atoms with E-state index in [0.717, 1.165) is 6.08 Å². The summed E-state index contributed by atoms with van der Waals surface area (Å²) in [5.74, 6) is -0.947. The van der Waals surface area contributed by atoms with Crippen molar-refractivity contribution in [3.63, 3.8) is 0 Å². The number of aliphatic hydroxyl groups excluding tert-OH is 2. The third kappa shape index (κ3) is 1.73. The van der Waals surface area contributed by atoms with E-state index in [1.165, 1.54) is 6.33 Å². The van der Waals surface area contributed by atoms with Crippen LogP contribution in [-0.2, 0) is 0 Å². The van der Waals surface area contributed by atoms with Gasteiger partial charge in [0.25, 0.3) is 5.95 Å². The summed E-state index contributed by atoms with van der Waals surface area (Å²) in [6.07, 6.45) is 0.812. The smallest absolute Gasteiger partial charge is 0.272 e. The average Bonchev–Trinajstić information content (AvgIpc) is 2.64. The zero-order valence-electron chi connectivity index (χ0n) is 7.99. The number of fused-ring (bicyclic) bond motifs is 1. The Balaban J connectivity index is 2.49. The predicted octanol–water partition coefficient (Wildman–Crippen LogP) is -0.0741. The van der Waals surface area contributed by atoms with E-state index in [-0.39, 0.29) is 11.6 Å². The van der Waals surface area contributed by atoms with E-state index < -0.39 is 12.0 Å². The summed E-state index contributed by atoms with van der Waals surface area (Å²) in [7, 11) is 0. The number of nitrogen functional groups attached to an aromatic ring is 1. The molecule has 0 saturated carbocycles. The third-order valence-corrected chi connectivity index (χ3v) is 1.90. The number of aromatic amines is 1. The van der Waals surface area contributed by atoms with Crippen LogP contribution in [0.5, 0.6) is 0 Å². The summed E-state index contributed by atoms with van der Waals surface area (Å²) in [6, 6.07) is 0. The van der Waals surface area contributed by atoms with Crippen molar-refractivity contribution >= 4 is 17.0 Å². The lowest BCUT2D eigenvalue weighted by Gasteiger charge is -2.04. The third-order valence-electron chi connectivity index (χ3n) is 1.90. The van der Waals surface area contributed by atoms with E-state index >= 15 is 0 Å². The Morgan fingerprint density at radius 2 is 2.19 bits per heavy atom. The molecule has 16 heavy (non-hydrogen) atoms. The van der Waals surface area contributed by atoms with Crippen molar-refractivity contribution in [2.24, 2.45) is 0 Å². The molecule has 0 radical (unpaired) electrons. The summed E-state index contributed by atoms with van der Waals surface area (Å²) in [6.45, 7) is 0. The number of aliphatic hydroxyl groups is 3. The number of imidazole rings is 1. The van der Waals surface area contributed by atoms with Gasteiger partial charge in [0, 0.05) is 6.08 Å². The standard InChI is InChI=1S/C8H9N5O3/c9-6-5-8(11-2-10-5)13-7(12-6)3(14)1-4(15)16/h1-3,14-16H,(H3,9,10,11,12,13). The molecule has 1 atom stereocenters. The fourth-order valence-electron chi connectivity index (χ4n) is 1.22. The number of hydrogen-bond acceptors (Lipinski definition) is 7. The van der Waals surface area contributed by atoms with Crippen LogP contribution in [0.15, 0.2) is 18.3 Å². The van der Waals surface area contributed by atoms with Crippen molar-refractivity contribution in [2.45, 2.75) is 6.10 Å². The summed E-state index contributed by atoms with van der Waals surface area (Å²) in [5, 5.41) is 26.6. The zero-order chi connectivity index (χ0) is 11.7. The van der Waals surface area contributed by atoms with E-state index in [0.29, 0.717) is 11.2 Å². The molecule has 0 saturated heterocycles. The van der Waals surface area contributed by atoms with E-state index in [1.807, 2.05) is 0 Å². The van der Waals surface area contributed by atoms with Crippen LogP contribution in [0, 0.1) is 0 Å². The molecule has 0 aliphatic rings. The van der Waals surface area contributed by atoms with Gasteiger partial charge in [-0.1, -0.05) is 0 Å². The van der Waals surface area contributed by atoms with Crippen molar-refractivity contribution in [3.8, 4) is 0 Å². The highest BCUT2D eigenvalue weighted by Crippen LogP contribution is 2.17. The van der Waals surface area contributed by atoms with Crippen LogP contribution < -0.4 is 5.73 Å². The minimum absolute atomic E-state index is 0.0577. The number of nitrogens with one attached hydrogen (secondary N) is 1. The van der Waals surface area contributed by atoms with Crippen molar-refractivity contribution in [1.82, 2.24) is 19.9 Å². The molecule has 8 nitrogen and oxygen atoms in total. The first kappa shape index (κ1) is 10.2. The maximum absolute atomic E-state index is 9.50. The number of hydrogen-bond donors (Lipinski definition) is 5. The highest BCUT2D eigenvalue weighted by molar-refractivity contribution is 5.80. The van der Waals surface area contributed by atoms with Gasteiger partial charge in [-0.15, -0.1) is 0 Å². The topological polar surface area (TPSA) is 141 Å². The number of H-pyrrole nitrogens is 1. The number of rotatable bonds is 2. The van der Waals surface area contributed by atoms with E-state index in [4.69, 9.17) is 15.9 Å². The largest absolute Gasteiger partial charge is 0.481 e. The van der Waals surface area contributed by atoms with Gasteiger partial charge in [-0.05, 0) is 0 Å². The van der Waals surface area contributed by atoms with Crippen LogP contribution in [-0.4, -0.2) is 35.3 Å². The van der Waals surface area contributed by atoms with Crippen molar-refractivity contribution < 1.29 is 15.3 Å². The molecule has 2 rings (SSSR count). The molecule has 8 heteroatoms. The first-order valence-corrected chi connectivity index (χ1v) is 4.32. The Morgan fingerprint density at radius 3 is 2.88 bits per heavy atom. The lowest BCUT2D eigenvalue weighted by Crippen LogP contribution is -2.05. The predicted molar refractivity (Wildman–Crippen MR) is 54.4 cm³/mol. The maximum Gasteiger partial charge on any atom is 0.272 e. The van der Waals surface area contributed by atoms with Gasteiger partial charge < -0.3 is 26.0 Å². The molecule has 2 heterocycles. The molecular weight excluding hydrogens is 214 g/mol. The number of nitrogens with zero attached hydrogens (tertiary/aromatic N) is 3. The fourth-order valence-corrected chi connectivity index (χ4v) is 1.22. The van der Waals surface area contributed by atoms with Crippen molar-refractivity contribution in [1.29, 1.82) is 0 Å². The molecule has 0 aliphatic heterocycles. The normalized spacial score (nSPS) is 12.6. The van der Waals surface area contributed by atoms with Crippen LogP contribution in [0.2, 0.25) is 0 Å². The fraction of sp³-hybridized carbons (Fsp3) is 0.125. The molecule has 0 aromatic carbocycles. The summed E-state index contributed by atoms with van der Waals surface area (Å²) >= 11 is 0. The minimum Gasteiger partial charge on any atom is -0.481 e. The SMILES string of the molecule is Nc1nc(C(O)C=C(O)O)nc2nc[nH]c12. The van der Waals surface area contributed by atoms with Gasteiger partial charge >= 0.3 is 0 Å². The van der Waals surface area contributed by atoms with Gasteiger partial charge in [0.05, 0.1) is 6.33 Å². The zero-order valence-corrected chi connectivity index (χ0v) is 7.99. The molecule has 0 aliphatic carbocycles. The van der Waals surface area contributed by atoms with Gasteiger partial charge in [-0.3, -0.25) is 0 Å². The Bertz CT molecular complexity index is 546. The van der Waals surface area contributed by atoms with Crippen molar-refractivity contribution in [2.75, 3.05) is 5.73 Å². The van der Waals surface area contributed by atoms with Crippen LogP contribution in [0.3, 0.4) is 0 Å². The van der Waals surface area contributed by atoms with Crippen molar-refractivity contribution in [3.05, 3.63) is 24.2 Å². The van der Waals surface area contributed by atoms with Gasteiger partial charge in [0.2, 0.25) is 0 Å². The highest BCUT2D eigenvalue weighted by Gasteiger charge is 2.13. The monoisotopic (exact) mass is 223 g/mol. The molecule has 2 aromatic rings. The Hall–Kier alpha value is -2.35. The average molecular weight is 223 g/mol. The van der Waals surface area contributed by atoms with Gasteiger partial charge in [-0.25, -0.2) is 15.0 Å². The number of aromatic nitrogens is 4. The van der Waals surface area contributed by atoms with Crippen LogP contribution >= 0.6 is 0 Å². The minimum atomic E-state index is -1.35. The second-order valence-corrected chi connectivity index (χ2v) is 3.04. The molecule has 84 valence electrons. The number of nitrogens with two attached hydrogens (primary N) is 1. The van der Waals surface area contributed by atoms with Crippen LogP contribution in [0.25, 0.3) is 11.2 Å². The highest BCUT2D eigenvalue weighted by atomic mass is 16.5. The molecule has 0 spiro atoms. The second-order valence-electron chi connectivity index (χ2n) is 3.04. The second kappa shape index (κ2) is 3.66. The Morgan fingerprint density at radius 1 is 1.44 bits per heavy atom. The van der Waals surface area contributed by atoms with Gasteiger partial charge in [0.1, 0.15) is 11.6 Å². The lowest BCUT2D eigenvalue weighted by atomic mass is 10.3. The maximum atomic E-state index is 9.50.